The van der Waals surface area contributed by atoms with Crippen LogP contribution in [0.15, 0.2) is 44.5 Å². The van der Waals surface area contributed by atoms with Gasteiger partial charge in [0.25, 0.3) is 11.5 Å². The van der Waals surface area contributed by atoms with Gasteiger partial charge in [-0.1, -0.05) is 34.1 Å². The number of rotatable bonds is 3. The first kappa shape index (κ1) is 14.3. The molecule has 0 unspecified atom stereocenters. The van der Waals surface area contributed by atoms with Gasteiger partial charge < -0.3 is 9.88 Å². The highest BCUT2D eigenvalue weighted by molar-refractivity contribution is 9.10. The van der Waals surface area contributed by atoms with Crippen molar-refractivity contribution in [2.24, 2.45) is 0 Å². The topological polar surface area (TPSA) is 86.0 Å². The fraction of sp³-hybridized carbons (Fsp3) is 0.154. The standard InChI is InChI=1S/C13H12BrN3O3/c1-17(7-8-4-2-3-5-10(8)14)12(19)9-6-15-13(20)16-11(9)18/h2-6H,7H2,1H3,(H2,15,16,18,20). The molecule has 2 aromatic rings. The highest BCUT2D eigenvalue weighted by atomic mass is 79.9. The van der Waals surface area contributed by atoms with Gasteiger partial charge in [0.1, 0.15) is 5.56 Å². The lowest BCUT2D eigenvalue weighted by atomic mass is 10.2. The summed E-state index contributed by atoms with van der Waals surface area (Å²) in [4.78, 5) is 40.4. The fourth-order valence-electron chi connectivity index (χ4n) is 1.73. The number of benzene rings is 1. The molecule has 1 heterocycles. The van der Waals surface area contributed by atoms with Crippen molar-refractivity contribution in [2.45, 2.75) is 6.54 Å². The number of hydrogen-bond donors (Lipinski definition) is 2. The Morgan fingerprint density at radius 3 is 2.65 bits per heavy atom. The van der Waals surface area contributed by atoms with Gasteiger partial charge in [0.2, 0.25) is 0 Å². The highest BCUT2D eigenvalue weighted by Gasteiger charge is 2.16. The van der Waals surface area contributed by atoms with Crippen LogP contribution in [0.5, 0.6) is 0 Å². The van der Waals surface area contributed by atoms with Crippen molar-refractivity contribution in [1.82, 2.24) is 14.9 Å². The van der Waals surface area contributed by atoms with E-state index in [2.05, 4.69) is 20.9 Å². The zero-order valence-electron chi connectivity index (χ0n) is 10.6. The molecule has 0 aliphatic carbocycles. The molecule has 0 aliphatic heterocycles. The number of carbonyl (C=O) groups is 1. The molecule has 0 aliphatic rings. The van der Waals surface area contributed by atoms with Crippen LogP contribution in [0.25, 0.3) is 0 Å². The monoisotopic (exact) mass is 337 g/mol. The summed E-state index contributed by atoms with van der Waals surface area (Å²) in [7, 11) is 1.59. The van der Waals surface area contributed by atoms with E-state index in [1.54, 1.807) is 7.05 Å². The number of nitrogens with one attached hydrogen (secondary N) is 2. The number of amides is 1. The van der Waals surface area contributed by atoms with Crippen molar-refractivity contribution in [3.05, 3.63) is 66.9 Å². The van der Waals surface area contributed by atoms with Crippen molar-refractivity contribution >= 4 is 21.8 Å². The van der Waals surface area contributed by atoms with Gasteiger partial charge in [-0.15, -0.1) is 0 Å². The number of H-pyrrole nitrogens is 2. The Morgan fingerprint density at radius 1 is 1.30 bits per heavy atom. The molecule has 20 heavy (non-hydrogen) atoms. The van der Waals surface area contributed by atoms with E-state index in [4.69, 9.17) is 0 Å². The van der Waals surface area contributed by atoms with Crippen molar-refractivity contribution in [3.8, 4) is 0 Å². The van der Waals surface area contributed by atoms with Crippen LogP contribution in [0, 0.1) is 0 Å². The first-order valence-electron chi connectivity index (χ1n) is 5.80. The van der Waals surface area contributed by atoms with E-state index in [1.165, 1.54) is 4.90 Å². The molecule has 0 radical (unpaired) electrons. The minimum atomic E-state index is -0.697. The number of hydrogen-bond acceptors (Lipinski definition) is 3. The molecule has 2 rings (SSSR count). The van der Waals surface area contributed by atoms with Crippen molar-refractivity contribution in [3.63, 3.8) is 0 Å². The first-order valence-corrected chi connectivity index (χ1v) is 6.59. The van der Waals surface area contributed by atoms with Crippen LogP contribution >= 0.6 is 15.9 Å². The minimum Gasteiger partial charge on any atom is -0.337 e. The number of nitrogens with zero attached hydrogens (tertiary/aromatic N) is 1. The Hall–Kier alpha value is -2.15. The lowest BCUT2D eigenvalue weighted by molar-refractivity contribution is 0.0782. The summed E-state index contributed by atoms with van der Waals surface area (Å²) >= 11 is 3.40. The van der Waals surface area contributed by atoms with E-state index in [9.17, 15) is 14.4 Å². The molecular weight excluding hydrogens is 326 g/mol. The Balaban J connectivity index is 2.23. The highest BCUT2D eigenvalue weighted by Crippen LogP contribution is 2.17. The molecule has 6 nitrogen and oxygen atoms in total. The Morgan fingerprint density at radius 2 is 2.00 bits per heavy atom. The molecule has 0 spiro atoms. The van der Waals surface area contributed by atoms with Crippen LogP contribution < -0.4 is 11.2 Å². The first-order chi connectivity index (χ1) is 9.49. The van der Waals surface area contributed by atoms with Crippen molar-refractivity contribution < 1.29 is 4.79 Å². The summed E-state index contributed by atoms with van der Waals surface area (Å²) in [5, 5.41) is 0. The molecular formula is C13H12BrN3O3. The zero-order chi connectivity index (χ0) is 14.7. The maximum atomic E-state index is 12.2. The van der Waals surface area contributed by atoms with Crippen LogP contribution in [-0.4, -0.2) is 27.8 Å². The Kier molecular flexibility index (Phi) is 4.19. The summed E-state index contributed by atoms with van der Waals surface area (Å²) in [5.41, 5.74) is -0.513. The molecule has 2 N–H and O–H groups in total. The predicted molar refractivity (Wildman–Crippen MR) is 77.6 cm³/mol. The van der Waals surface area contributed by atoms with Crippen LogP contribution in [0.4, 0.5) is 0 Å². The Bertz CT molecular complexity index is 751. The van der Waals surface area contributed by atoms with Gasteiger partial charge in [-0.3, -0.25) is 14.6 Å². The maximum absolute atomic E-state index is 12.2. The van der Waals surface area contributed by atoms with Gasteiger partial charge in [0, 0.05) is 24.3 Å². The van der Waals surface area contributed by atoms with Gasteiger partial charge >= 0.3 is 5.69 Å². The average molecular weight is 338 g/mol. The normalized spacial score (nSPS) is 10.3. The number of aromatic nitrogens is 2. The van der Waals surface area contributed by atoms with Gasteiger partial charge in [-0.2, -0.15) is 0 Å². The van der Waals surface area contributed by atoms with E-state index >= 15 is 0 Å². The fourth-order valence-corrected chi connectivity index (χ4v) is 2.14. The molecule has 0 atom stereocenters. The molecule has 7 heteroatoms. The molecule has 0 bridgehead atoms. The van der Waals surface area contributed by atoms with Gasteiger partial charge in [0.15, 0.2) is 0 Å². The van der Waals surface area contributed by atoms with Gasteiger partial charge in [-0.05, 0) is 11.6 Å². The average Bonchev–Trinajstić information content (AvgIpc) is 2.40. The van der Waals surface area contributed by atoms with Crippen molar-refractivity contribution in [1.29, 1.82) is 0 Å². The molecule has 1 aromatic carbocycles. The summed E-state index contributed by atoms with van der Waals surface area (Å²) in [5.74, 6) is -0.460. The van der Waals surface area contributed by atoms with Crippen LogP contribution in [-0.2, 0) is 6.54 Å². The summed E-state index contributed by atoms with van der Waals surface area (Å²) in [6.07, 6.45) is 1.13. The quantitative estimate of drug-likeness (QED) is 0.879. The third kappa shape index (κ3) is 3.05. The smallest absolute Gasteiger partial charge is 0.325 e. The summed E-state index contributed by atoms with van der Waals surface area (Å²) < 4.78 is 0.884. The second kappa shape index (κ2) is 5.87. The lowest BCUT2D eigenvalue weighted by Crippen LogP contribution is -2.34. The van der Waals surface area contributed by atoms with E-state index in [1.807, 2.05) is 29.2 Å². The molecule has 0 saturated carbocycles. The SMILES string of the molecule is CN(Cc1ccccc1Br)C(=O)c1c[nH]c(=O)[nH]c1=O. The number of carbonyl (C=O) groups excluding carboxylic acids is 1. The summed E-state index contributed by atoms with van der Waals surface area (Å²) in [6.45, 7) is 0.346. The van der Waals surface area contributed by atoms with E-state index < -0.39 is 17.2 Å². The van der Waals surface area contributed by atoms with Crippen molar-refractivity contribution in [2.75, 3.05) is 7.05 Å². The van der Waals surface area contributed by atoms with Crippen LogP contribution in [0.1, 0.15) is 15.9 Å². The van der Waals surface area contributed by atoms with Crippen LogP contribution in [0.3, 0.4) is 0 Å². The predicted octanol–water partition coefficient (Wildman–Crippen LogP) is 1.10. The van der Waals surface area contributed by atoms with Gasteiger partial charge in [0.05, 0.1) is 0 Å². The third-order valence-corrected chi connectivity index (χ3v) is 3.54. The number of aromatic amines is 2. The second-order valence-corrected chi connectivity index (χ2v) is 5.09. The zero-order valence-corrected chi connectivity index (χ0v) is 12.2. The molecule has 0 fully saturated rings. The number of halogens is 1. The maximum Gasteiger partial charge on any atom is 0.325 e. The van der Waals surface area contributed by atoms with Gasteiger partial charge in [-0.25, -0.2) is 4.79 Å². The largest absolute Gasteiger partial charge is 0.337 e. The Labute approximate surface area is 122 Å². The third-order valence-electron chi connectivity index (χ3n) is 2.76. The molecule has 1 aromatic heterocycles. The van der Waals surface area contributed by atoms with E-state index in [-0.39, 0.29) is 5.56 Å². The van der Waals surface area contributed by atoms with E-state index in [0.29, 0.717) is 6.54 Å². The summed E-state index contributed by atoms with van der Waals surface area (Å²) in [6, 6.07) is 7.50. The van der Waals surface area contributed by atoms with Crippen LogP contribution in [0.2, 0.25) is 0 Å². The van der Waals surface area contributed by atoms with E-state index in [0.717, 1.165) is 16.2 Å². The lowest BCUT2D eigenvalue weighted by Gasteiger charge is -2.17. The molecule has 1 amide bonds. The second-order valence-electron chi connectivity index (χ2n) is 4.24. The molecule has 104 valence electrons. The minimum absolute atomic E-state index is 0.0980. The molecule has 0 saturated heterocycles.